The molecule has 0 spiro atoms. The molecule has 0 aliphatic heterocycles. The van der Waals surface area contributed by atoms with E-state index in [-0.39, 0.29) is 36.3 Å². The fourth-order valence-corrected chi connectivity index (χ4v) is 3.28. The first-order chi connectivity index (χ1) is 15.8. The van der Waals surface area contributed by atoms with E-state index in [9.17, 15) is 22.8 Å². The van der Waals surface area contributed by atoms with Gasteiger partial charge in [0, 0.05) is 24.3 Å². The summed E-state index contributed by atoms with van der Waals surface area (Å²) in [4.78, 5) is 32.3. The van der Waals surface area contributed by atoms with Gasteiger partial charge in [-0.1, -0.05) is 6.07 Å². The van der Waals surface area contributed by atoms with Crippen LogP contribution in [-0.2, 0) is 17.8 Å². The SMILES string of the molecule is O=C(COc1ccc(OC(F)(F)F)cc1)NCc1nc(C(=O)NCCc2cccnc2)cs1. The molecule has 174 valence electrons. The molecular weight excluding hydrogens is 461 g/mol. The molecule has 0 aliphatic rings. The van der Waals surface area contributed by atoms with Crippen molar-refractivity contribution in [2.45, 2.75) is 19.3 Å². The molecule has 0 atom stereocenters. The molecule has 0 bridgehead atoms. The Kier molecular flexibility index (Phi) is 8.19. The number of carbonyl (C=O) groups is 2. The summed E-state index contributed by atoms with van der Waals surface area (Å²) < 4.78 is 45.4. The number of rotatable bonds is 10. The van der Waals surface area contributed by atoms with E-state index in [4.69, 9.17) is 4.74 Å². The van der Waals surface area contributed by atoms with Crippen molar-refractivity contribution < 1.29 is 32.2 Å². The number of ether oxygens (including phenoxy) is 2. The van der Waals surface area contributed by atoms with Crippen molar-refractivity contribution in [1.29, 1.82) is 0 Å². The normalized spacial score (nSPS) is 11.0. The number of alkyl halides is 3. The summed E-state index contributed by atoms with van der Waals surface area (Å²) in [5.41, 5.74) is 1.26. The van der Waals surface area contributed by atoms with E-state index in [2.05, 4.69) is 25.3 Å². The number of benzene rings is 1. The van der Waals surface area contributed by atoms with Gasteiger partial charge >= 0.3 is 6.36 Å². The molecule has 0 radical (unpaired) electrons. The number of halogens is 3. The van der Waals surface area contributed by atoms with Gasteiger partial charge in [0.05, 0.1) is 6.54 Å². The first-order valence-electron chi connectivity index (χ1n) is 9.65. The van der Waals surface area contributed by atoms with Crippen molar-refractivity contribution in [3.63, 3.8) is 0 Å². The Balaban J connectivity index is 1.37. The molecule has 2 heterocycles. The fraction of sp³-hybridized carbons (Fsp3) is 0.238. The predicted octanol–water partition coefficient (Wildman–Crippen LogP) is 3.10. The van der Waals surface area contributed by atoms with Crippen LogP contribution in [0.4, 0.5) is 13.2 Å². The number of pyridine rings is 1. The van der Waals surface area contributed by atoms with Crippen LogP contribution in [0.3, 0.4) is 0 Å². The van der Waals surface area contributed by atoms with E-state index in [1.807, 2.05) is 12.1 Å². The maximum Gasteiger partial charge on any atom is 0.573 e. The van der Waals surface area contributed by atoms with E-state index >= 15 is 0 Å². The summed E-state index contributed by atoms with van der Waals surface area (Å²) in [7, 11) is 0. The molecule has 3 rings (SSSR count). The van der Waals surface area contributed by atoms with Gasteiger partial charge in [-0.15, -0.1) is 24.5 Å². The van der Waals surface area contributed by atoms with Crippen LogP contribution in [0.5, 0.6) is 11.5 Å². The van der Waals surface area contributed by atoms with E-state index in [1.54, 1.807) is 17.8 Å². The van der Waals surface area contributed by atoms with Crippen LogP contribution in [0.2, 0.25) is 0 Å². The number of thiazole rings is 1. The number of carbonyl (C=O) groups excluding carboxylic acids is 2. The van der Waals surface area contributed by atoms with Gasteiger partial charge in [-0.05, 0) is 42.3 Å². The van der Waals surface area contributed by atoms with Crippen molar-refractivity contribution in [2.75, 3.05) is 13.2 Å². The van der Waals surface area contributed by atoms with Crippen LogP contribution in [0.1, 0.15) is 21.1 Å². The lowest BCUT2D eigenvalue weighted by Crippen LogP contribution is -2.28. The smallest absolute Gasteiger partial charge is 0.484 e. The first kappa shape index (κ1) is 24.0. The van der Waals surface area contributed by atoms with Gasteiger partial charge in [-0.25, -0.2) is 4.98 Å². The van der Waals surface area contributed by atoms with Crippen molar-refractivity contribution >= 4 is 23.2 Å². The lowest BCUT2D eigenvalue weighted by atomic mass is 10.2. The molecule has 0 unspecified atom stereocenters. The minimum Gasteiger partial charge on any atom is -0.484 e. The van der Waals surface area contributed by atoms with Gasteiger partial charge in [0.2, 0.25) is 0 Å². The number of nitrogens with one attached hydrogen (secondary N) is 2. The zero-order valence-electron chi connectivity index (χ0n) is 17.1. The Bertz CT molecular complexity index is 1060. The minimum atomic E-state index is -4.78. The van der Waals surface area contributed by atoms with Crippen molar-refractivity contribution in [1.82, 2.24) is 20.6 Å². The minimum absolute atomic E-state index is 0.105. The molecule has 0 saturated heterocycles. The quantitative estimate of drug-likeness (QED) is 0.462. The van der Waals surface area contributed by atoms with E-state index in [1.165, 1.54) is 23.5 Å². The van der Waals surface area contributed by atoms with Crippen molar-refractivity contribution in [3.05, 3.63) is 70.4 Å². The zero-order chi connectivity index (χ0) is 23.7. The maximum atomic E-state index is 12.2. The third-order valence-electron chi connectivity index (χ3n) is 4.07. The summed E-state index contributed by atoms with van der Waals surface area (Å²) in [6.07, 6.45) is -0.724. The van der Waals surface area contributed by atoms with E-state index in [0.717, 1.165) is 17.7 Å². The molecule has 2 amide bonds. The summed E-state index contributed by atoms with van der Waals surface area (Å²) in [5, 5.41) is 7.52. The average Bonchev–Trinajstić information content (AvgIpc) is 3.26. The summed E-state index contributed by atoms with van der Waals surface area (Å²) >= 11 is 1.23. The average molecular weight is 480 g/mol. The predicted molar refractivity (Wildman–Crippen MR) is 113 cm³/mol. The van der Waals surface area contributed by atoms with Crippen LogP contribution < -0.4 is 20.1 Å². The highest BCUT2D eigenvalue weighted by atomic mass is 32.1. The van der Waals surface area contributed by atoms with E-state index in [0.29, 0.717) is 18.0 Å². The second-order valence-corrected chi connectivity index (χ2v) is 7.52. The lowest BCUT2D eigenvalue weighted by molar-refractivity contribution is -0.274. The Labute approximate surface area is 190 Å². The molecule has 3 aromatic rings. The molecule has 0 aliphatic carbocycles. The molecule has 1 aromatic carbocycles. The van der Waals surface area contributed by atoms with E-state index < -0.39 is 12.3 Å². The number of nitrogens with zero attached hydrogens (tertiary/aromatic N) is 2. The number of aromatic nitrogens is 2. The fourth-order valence-electron chi connectivity index (χ4n) is 2.56. The van der Waals surface area contributed by atoms with Crippen molar-refractivity contribution in [2.24, 2.45) is 0 Å². The Morgan fingerprint density at radius 1 is 1.06 bits per heavy atom. The topological polar surface area (TPSA) is 102 Å². The molecule has 2 aromatic heterocycles. The molecule has 0 fully saturated rings. The molecule has 8 nitrogen and oxygen atoms in total. The van der Waals surface area contributed by atoms with Gasteiger partial charge < -0.3 is 20.1 Å². The second-order valence-electron chi connectivity index (χ2n) is 6.58. The maximum absolute atomic E-state index is 12.2. The number of hydrogen-bond acceptors (Lipinski definition) is 7. The van der Waals surface area contributed by atoms with Crippen LogP contribution in [0.25, 0.3) is 0 Å². The van der Waals surface area contributed by atoms with Gasteiger partial charge in [0.1, 0.15) is 22.2 Å². The third-order valence-corrected chi connectivity index (χ3v) is 4.92. The second kappa shape index (κ2) is 11.3. The van der Waals surface area contributed by atoms with Gasteiger partial charge in [0.25, 0.3) is 11.8 Å². The summed E-state index contributed by atoms with van der Waals surface area (Å²) in [5.74, 6) is -0.948. The van der Waals surface area contributed by atoms with Gasteiger partial charge in [-0.2, -0.15) is 0 Å². The third kappa shape index (κ3) is 8.41. The highest BCUT2D eigenvalue weighted by molar-refractivity contribution is 7.09. The molecule has 2 N–H and O–H groups in total. The molecule has 33 heavy (non-hydrogen) atoms. The molecule has 0 saturated carbocycles. The summed E-state index contributed by atoms with van der Waals surface area (Å²) in [6.45, 7) is 0.204. The first-order valence-corrected chi connectivity index (χ1v) is 10.5. The number of amides is 2. The monoisotopic (exact) mass is 480 g/mol. The van der Waals surface area contributed by atoms with Crippen LogP contribution in [0, 0.1) is 0 Å². The Morgan fingerprint density at radius 3 is 2.52 bits per heavy atom. The molecular formula is C21H19F3N4O4S. The summed E-state index contributed by atoms with van der Waals surface area (Å²) in [6, 6.07) is 8.43. The van der Waals surface area contributed by atoms with Gasteiger partial charge in [0.15, 0.2) is 6.61 Å². The Hall–Kier alpha value is -3.67. The molecule has 12 heteroatoms. The van der Waals surface area contributed by atoms with Gasteiger partial charge in [-0.3, -0.25) is 14.6 Å². The standard InChI is InChI=1S/C21H19F3N4O4S/c22-21(23,24)32-16-5-3-15(4-6-16)31-12-18(29)27-11-19-28-17(13-33-19)20(30)26-9-7-14-2-1-8-25-10-14/h1-6,8,10,13H,7,9,11-12H2,(H,26,30)(H,27,29). The zero-order valence-corrected chi connectivity index (χ0v) is 17.9. The highest BCUT2D eigenvalue weighted by Crippen LogP contribution is 2.24. The van der Waals surface area contributed by atoms with Crippen LogP contribution in [0.15, 0.2) is 54.2 Å². The largest absolute Gasteiger partial charge is 0.573 e. The highest BCUT2D eigenvalue weighted by Gasteiger charge is 2.31. The van der Waals surface area contributed by atoms with Crippen molar-refractivity contribution in [3.8, 4) is 11.5 Å². The van der Waals surface area contributed by atoms with Crippen LogP contribution in [-0.4, -0.2) is 41.3 Å². The number of hydrogen-bond donors (Lipinski definition) is 2. The van der Waals surface area contributed by atoms with Crippen LogP contribution >= 0.6 is 11.3 Å². The lowest BCUT2D eigenvalue weighted by Gasteiger charge is -2.10. The Morgan fingerprint density at radius 2 is 1.82 bits per heavy atom.